The minimum Gasteiger partial charge on any atom is -0.465 e. The first-order valence-corrected chi connectivity index (χ1v) is 13.6. The zero-order valence-corrected chi connectivity index (χ0v) is 21.8. The molecule has 10 nitrogen and oxygen atoms in total. The Balaban J connectivity index is 1.52. The Morgan fingerprint density at radius 1 is 1.08 bits per heavy atom. The van der Waals surface area contributed by atoms with Gasteiger partial charge in [0.05, 0.1) is 44.5 Å². The Kier molecular flexibility index (Phi) is 7.72. The Bertz CT molecular complexity index is 946. The number of cyclic esters (lactones) is 1. The van der Waals surface area contributed by atoms with Crippen LogP contribution in [0, 0.1) is 17.8 Å². The minimum absolute atomic E-state index is 0.102. The summed E-state index contributed by atoms with van der Waals surface area (Å²) in [7, 11) is 0. The van der Waals surface area contributed by atoms with Crippen LogP contribution in [0.15, 0.2) is 24.3 Å². The van der Waals surface area contributed by atoms with Crippen molar-refractivity contribution in [1.29, 1.82) is 0 Å². The SMILES string of the molecule is CC(C)[C@H](CO)N1C(=O)[C@@H]2[C@@H]3C(=O)OCCC/C=C\[C@@H]3O[C@@]23C=CCN(CCN2CCOCC2)C(=O)C13. The van der Waals surface area contributed by atoms with Crippen LogP contribution in [-0.2, 0) is 28.6 Å². The van der Waals surface area contributed by atoms with Crippen LogP contribution in [0.4, 0.5) is 0 Å². The number of esters is 1. The molecule has 0 aromatic heterocycles. The van der Waals surface area contributed by atoms with Gasteiger partial charge in [-0.2, -0.15) is 0 Å². The summed E-state index contributed by atoms with van der Waals surface area (Å²) < 4.78 is 17.6. The van der Waals surface area contributed by atoms with Gasteiger partial charge in [0.25, 0.3) is 0 Å². The number of hydrogen-bond acceptors (Lipinski definition) is 8. The van der Waals surface area contributed by atoms with Gasteiger partial charge in [-0.1, -0.05) is 38.2 Å². The second kappa shape index (κ2) is 10.8. The summed E-state index contributed by atoms with van der Waals surface area (Å²) in [5.41, 5.74) is -1.30. The molecule has 0 bridgehead atoms. The zero-order chi connectivity index (χ0) is 26.2. The maximum atomic E-state index is 14.3. The first-order valence-electron chi connectivity index (χ1n) is 13.6. The van der Waals surface area contributed by atoms with E-state index < -0.39 is 41.6 Å². The number of carbonyl (C=O) groups is 3. The molecular weight excluding hydrogens is 478 g/mol. The van der Waals surface area contributed by atoms with Gasteiger partial charge >= 0.3 is 5.97 Å². The van der Waals surface area contributed by atoms with E-state index in [1.54, 1.807) is 4.90 Å². The van der Waals surface area contributed by atoms with Crippen LogP contribution >= 0.6 is 0 Å². The molecule has 5 heterocycles. The van der Waals surface area contributed by atoms with Gasteiger partial charge in [0.1, 0.15) is 17.6 Å². The van der Waals surface area contributed by atoms with Crippen molar-refractivity contribution in [3.63, 3.8) is 0 Å². The predicted octanol–water partition coefficient (Wildman–Crippen LogP) is 0.208. The van der Waals surface area contributed by atoms with E-state index in [1.165, 1.54) is 4.90 Å². The third-order valence-corrected chi connectivity index (χ3v) is 8.48. The molecular formula is C27H39N3O7. The van der Waals surface area contributed by atoms with Crippen molar-refractivity contribution in [3.8, 4) is 0 Å². The lowest BCUT2D eigenvalue weighted by molar-refractivity contribution is -0.156. The van der Waals surface area contributed by atoms with E-state index in [0.29, 0.717) is 39.3 Å². The van der Waals surface area contributed by atoms with Crippen LogP contribution < -0.4 is 0 Å². The lowest BCUT2D eigenvalue weighted by Crippen LogP contribution is -2.59. The normalized spacial score (nSPS) is 36.3. The summed E-state index contributed by atoms with van der Waals surface area (Å²) in [5, 5.41) is 10.3. The Morgan fingerprint density at radius 3 is 2.59 bits per heavy atom. The summed E-state index contributed by atoms with van der Waals surface area (Å²) in [6.07, 6.45) is 8.34. The number of fused-ring (bicyclic) bond motifs is 2. The second-order valence-corrected chi connectivity index (χ2v) is 11.0. The van der Waals surface area contributed by atoms with E-state index in [0.717, 1.165) is 19.5 Å². The molecule has 0 aliphatic carbocycles. The lowest BCUT2D eigenvalue weighted by Gasteiger charge is -2.40. The summed E-state index contributed by atoms with van der Waals surface area (Å²) in [5.74, 6) is -2.86. The second-order valence-electron chi connectivity index (χ2n) is 11.0. The quantitative estimate of drug-likeness (QED) is 0.394. The molecule has 5 rings (SSSR count). The van der Waals surface area contributed by atoms with E-state index in [4.69, 9.17) is 14.2 Å². The molecule has 3 saturated heterocycles. The standard InChI is InChI=1S/C27H39N3O7/c1-18(2)19(17-31)30-23-25(33)29(11-10-28-12-15-35-16-13-28)9-6-8-27(23)22(24(30)32)21-20(37-27)7-4-3-5-14-36-26(21)34/h4,6-8,18-23,31H,3,5,9-17H2,1-2H3/b7-4-/t19-,20-,21+,22-,23?,27-/m0/s1. The van der Waals surface area contributed by atoms with Gasteiger partial charge < -0.3 is 29.1 Å². The number of morpholine rings is 1. The summed E-state index contributed by atoms with van der Waals surface area (Å²) in [6.45, 7) is 8.42. The zero-order valence-electron chi connectivity index (χ0n) is 21.8. The largest absolute Gasteiger partial charge is 0.465 e. The molecule has 0 aromatic rings. The predicted molar refractivity (Wildman–Crippen MR) is 133 cm³/mol. The van der Waals surface area contributed by atoms with Crippen LogP contribution in [-0.4, -0.2) is 121 Å². The lowest BCUT2D eigenvalue weighted by atomic mass is 9.78. The van der Waals surface area contributed by atoms with Crippen LogP contribution in [0.1, 0.15) is 26.7 Å². The number of allylic oxidation sites excluding steroid dienone is 1. The number of aliphatic hydroxyl groups excluding tert-OH is 1. The Hall–Kier alpha value is -2.27. The topological polar surface area (TPSA) is 109 Å². The van der Waals surface area contributed by atoms with Gasteiger partial charge in [0.2, 0.25) is 11.8 Å². The van der Waals surface area contributed by atoms with E-state index in [9.17, 15) is 19.5 Å². The van der Waals surface area contributed by atoms with Gasteiger partial charge in [-0.3, -0.25) is 19.3 Å². The van der Waals surface area contributed by atoms with E-state index in [-0.39, 0.29) is 30.9 Å². The van der Waals surface area contributed by atoms with Crippen molar-refractivity contribution < 1.29 is 33.7 Å². The molecule has 204 valence electrons. The van der Waals surface area contributed by atoms with Crippen LogP contribution in [0.5, 0.6) is 0 Å². The van der Waals surface area contributed by atoms with Crippen molar-refractivity contribution in [2.24, 2.45) is 17.8 Å². The van der Waals surface area contributed by atoms with Crippen molar-refractivity contribution in [2.45, 2.75) is 50.5 Å². The molecule has 0 radical (unpaired) electrons. The molecule has 5 aliphatic heterocycles. The monoisotopic (exact) mass is 517 g/mol. The van der Waals surface area contributed by atoms with Crippen LogP contribution in [0.2, 0.25) is 0 Å². The molecule has 37 heavy (non-hydrogen) atoms. The highest BCUT2D eigenvalue weighted by Gasteiger charge is 2.72. The number of likely N-dealkylation sites (tertiary alicyclic amines) is 1. The fourth-order valence-corrected chi connectivity index (χ4v) is 6.51. The smallest absolute Gasteiger partial charge is 0.312 e. The molecule has 3 fully saturated rings. The number of rotatable bonds is 6. The van der Waals surface area contributed by atoms with Crippen molar-refractivity contribution in [1.82, 2.24) is 14.7 Å². The average molecular weight is 518 g/mol. The minimum atomic E-state index is -1.30. The molecule has 5 aliphatic rings. The van der Waals surface area contributed by atoms with Gasteiger partial charge in [0, 0.05) is 32.7 Å². The number of ether oxygens (including phenoxy) is 3. The highest BCUT2D eigenvalue weighted by atomic mass is 16.6. The van der Waals surface area contributed by atoms with Crippen LogP contribution in [0.25, 0.3) is 0 Å². The number of carbonyl (C=O) groups excluding carboxylic acids is 3. The third-order valence-electron chi connectivity index (χ3n) is 8.48. The highest BCUT2D eigenvalue weighted by Crippen LogP contribution is 2.54. The van der Waals surface area contributed by atoms with Crippen LogP contribution in [0.3, 0.4) is 0 Å². The maximum absolute atomic E-state index is 14.3. The molecule has 0 aromatic carbocycles. The molecule has 10 heteroatoms. The highest BCUT2D eigenvalue weighted by molar-refractivity contribution is 5.99. The number of amides is 2. The summed E-state index contributed by atoms with van der Waals surface area (Å²) in [4.78, 5) is 47.3. The Morgan fingerprint density at radius 2 is 1.86 bits per heavy atom. The molecule has 1 unspecified atom stereocenters. The molecule has 6 atom stereocenters. The van der Waals surface area contributed by atoms with E-state index in [1.807, 2.05) is 38.2 Å². The molecule has 0 saturated carbocycles. The number of hydrogen-bond donors (Lipinski definition) is 1. The molecule has 1 N–H and O–H groups in total. The number of nitrogens with zero attached hydrogens (tertiary/aromatic N) is 3. The Labute approximate surface area is 218 Å². The maximum Gasteiger partial charge on any atom is 0.312 e. The first-order chi connectivity index (χ1) is 17.9. The van der Waals surface area contributed by atoms with Crippen molar-refractivity contribution in [3.05, 3.63) is 24.3 Å². The van der Waals surface area contributed by atoms with E-state index >= 15 is 0 Å². The fourth-order valence-electron chi connectivity index (χ4n) is 6.51. The third kappa shape index (κ3) is 4.62. The van der Waals surface area contributed by atoms with Crippen molar-refractivity contribution >= 4 is 17.8 Å². The summed E-state index contributed by atoms with van der Waals surface area (Å²) >= 11 is 0. The van der Waals surface area contributed by atoms with Gasteiger partial charge in [-0.05, 0) is 18.8 Å². The van der Waals surface area contributed by atoms with Gasteiger partial charge in [0.15, 0.2) is 0 Å². The first kappa shape index (κ1) is 26.3. The van der Waals surface area contributed by atoms with Gasteiger partial charge in [-0.15, -0.1) is 0 Å². The molecule has 2 amide bonds. The summed E-state index contributed by atoms with van der Waals surface area (Å²) in [6, 6.07) is -1.55. The average Bonchev–Trinajstić information content (AvgIpc) is 3.30. The fraction of sp³-hybridized carbons (Fsp3) is 0.741. The van der Waals surface area contributed by atoms with Crippen molar-refractivity contribution in [2.75, 3.05) is 59.2 Å². The van der Waals surface area contributed by atoms with E-state index in [2.05, 4.69) is 4.90 Å². The number of aliphatic hydroxyl groups is 1. The molecule has 1 spiro atoms. The van der Waals surface area contributed by atoms with Gasteiger partial charge in [-0.25, -0.2) is 0 Å².